The van der Waals surface area contributed by atoms with Gasteiger partial charge in [0.15, 0.2) is 0 Å². The molecule has 0 amide bonds. The van der Waals surface area contributed by atoms with Gasteiger partial charge in [-0.3, -0.25) is 9.69 Å². The van der Waals surface area contributed by atoms with Gasteiger partial charge in [0.05, 0.1) is 6.61 Å². The van der Waals surface area contributed by atoms with E-state index < -0.39 is 0 Å². The third kappa shape index (κ3) is 2.81. The third-order valence-electron chi connectivity index (χ3n) is 4.43. The average Bonchev–Trinajstić information content (AvgIpc) is 2.80. The van der Waals surface area contributed by atoms with E-state index in [-0.39, 0.29) is 0 Å². The molecule has 0 bridgehead atoms. The summed E-state index contributed by atoms with van der Waals surface area (Å²) >= 11 is 0. The van der Waals surface area contributed by atoms with Crippen molar-refractivity contribution in [2.24, 2.45) is 5.92 Å². The van der Waals surface area contributed by atoms with E-state index in [9.17, 15) is 4.79 Å². The van der Waals surface area contributed by atoms with Gasteiger partial charge in [0.25, 0.3) is 0 Å². The van der Waals surface area contributed by atoms with E-state index in [1.54, 1.807) is 12.1 Å². The molecule has 1 aromatic rings. The van der Waals surface area contributed by atoms with Crippen LogP contribution in [-0.2, 0) is 0 Å². The van der Waals surface area contributed by atoms with Crippen molar-refractivity contribution in [3.05, 3.63) is 29.8 Å². The number of carbonyl (C=O) groups is 1. The summed E-state index contributed by atoms with van der Waals surface area (Å²) in [5.41, 5.74) is 0.695. The summed E-state index contributed by atoms with van der Waals surface area (Å²) < 4.78 is 5.69. The molecule has 0 radical (unpaired) electrons. The summed E-state index contributed by atoms with van der Waals surface area (Å²) in [6.07, 6.45) is 6.20. The minimum Gasteiger partial charge on any atom is -0.494 e. The van der Waals surface area contributed by atoms with Gasteiger partial charge in [0.1, 0.15) is 12.0 Å². The normalized spacial score (nSPS) is 25.7. The summed E-state index contributed by atoms with van der Waals surface area (Å²) in [5.74, 6) is 1.85. The maximum Gasteiger partial charge on any atom is 0.150 e. The predicted molar refractivity (Wildman–Crippen MR) is 74.6 cm³/mol. The second-order valence-corrected chi connectivity index (χ2v) is 5.64. The molecule has 1 saturated carbocycles. The monoisotopic (exact) mass is 259 g/mol. The van der Waals surface area contributed by atoms with E-state index in [2.05, 4.69) is 4.90 Å². The fraction of sp³-hybridized carbons (Fsp3) is 0.562. The van der Waals surface area contributed by atoms with Crippen LogP contribution in [0.4, 0.5) is 0 Å². The van der Waals surface area contributed by atoms with Gasteiger partial charge in [0, 0.05) is 24.7 Å². The summed E-state index contributed by atoms with van der Waals surface area (Å²) in [6, 6.07) is 8.19. The molecule has 1 saturated heterocycles. The largest absolute Gasteiger partial charge is 0.494 e. The van der Waals surface area contributed by atoms with Gasteiger partial charge >= 0.3 is 0 Å². The number of hydrogen-bond donors (Lipinski definition) is 0. The number of rotatable bonds is 6. The molecule has 1 aromatic carbocycles. The lowest BCUT2D eigenvalue weighted by molar-refractivity contribution is 0.0341. The van der Waals surface area contributed by atoms with Crippen LogP contribution in [-0.4, -0.2) is 36.9 Å². The van der Waals surface area contributed by atoms with Crippen LogP contribution in [0.2, 0.25) is 0 Å². The summed E-state index contributed by atoms with van der Waals surface area (Å²) in [6.45, 7) is 3.22. The van der Waals surface area contributed by atoms with Crippen molar-refractivity contribution in [3.63, 3.8) is 0 Å². The van der Waals surface area contributed by atoms with Crippen LogP contribution in [0.5, 0.6) is 5.75 Å². The topological polar surface area (TPSA) is 29.5 Å². The fourth-order valence-corrected chi connectivity index (χ4v) is 3.37. The first-order valence-corrected chi connectivity index (χ1v) is 7.29. The van der Waals surface area contributed by atoms with Crippen molar-refractivity contribution in [2.45, 2.75) is 31.7 Å². The zero-order valence-corrected chi connectivity index (χ0v) is 11.3. The van der Waals surface area contributed by atoms with Crippen molar-refractivity contribution in [3.8, 4) is 5.75 Å². The van der Waals surface area contributed by atoms with Crippen molar-refractivity contribution in [2.75, 3.05) is 19.7 Å². The first-order valence-electron chi connectivity index (χ1n) is 7.29. The minimum atomic E-state index is 0.695. The number of fused-ring (bicyclic) bond motifs is 1. The lowest BCUT2D eigenvalue weighted by Crippen LogP contribution is -2.53. The van der Waals surface area contributed by atoms with Gasteiger partial charge < -0.3 is 4.74 Å². The highest BCUT2D eigenvalue weighted by Crippen LogP contribution is 2.38. The highest BCUT2D eigenvalue weighted by atomic mass is 16.5. The van der Waals surface area contributed by atoms with Gasteiger partial charge in [-0.25, -0.2) is 0 Å². The lowest BCUT2D eigenvalue weighted by Gasteiger charge is -2.44. The number of ether oxygens (including phenoxy) is 1. The Labute approximate surface area is 114 Å². The number of likely N-dealkylation sites (tertiary alicyclic amines) is 1. The van der Waals surface area contributed by atoms with Gasteiger partial charge in [-0.15, -0.1) is 0 Å². The Bertz CT molecular complexity index is 429. The predicted octanol–water partition coefficient (Wildman–Crippen LogP) is 2.75. The van der Waals surface area contributed by atoms with Gasteiger partial charge in [0.2, 0.25) is 0 Å². The van der Waals surface area contributed by atoms with Crippen LogP contribution < -0.4 is 4.74 Å². The van der Waals surface area contributed by atoms with E-state index in [4.69, 9.17) is 4.74 Å². The molecule has 0 aromatic heterocycles. The fourth-order valence-electron chi connectivity index (χ4n) is 3.37. The van der Waals surface area contributed by atoms with E-state index in [1.807, 2.05) is 12.1 Å². The molecule has 2 aliphatic rings. The molecule has 1 aliphatic heterocycles. The molecule has 3 heteroatoms. The molecule has 0 N–H and O–H groups in total. The van der Waals surface area contributed by atoms with Crippen molar-refractivity contribution in [1.29, 1.82) is 0 Å². The molecule has 0 unspecified atom stereocenters. The Hall–Kier alpha value is -1.35. The molecular formula is C16H21NO2. The van der Waals surface area contributed by atoms with Crippen LogP contribution in [0.1, 0.15) is 36.0 Å². The Balaban J connectivity index is 1.35. The van der Waals surface area contributed by atoms with E-state index in [0.29, 0.717) is 5.56 Å². The molecule has 2 atom stereocenters. The first-order chi connectivity index (χ1) is 9.36. The maximum absolute atomic E-state index is 10.5. The maximum atomic E-state index is 10.5. The van der Waals surface area contributed by atoms with Gasteiger partial charge in [-0.2, -0.15) is 0 Å². The van der Waals surface area contributed by atoms with Gasteiger partial charge in [-0.05, 0) is 49.4 Å². The Kier molecular flexibility index (Phi) is 3.83. The smallest absolute Gasteiger partial charge is 0.150 e. The highest BCUT2D eigenvalue weighted by molar-refractivity contribution is 5.74. The van der Waals surface area contributed by atoms with Gasteiger partial charge in [-0.1, -0.05) is 6.42 Å². The average molecular weight is 259 g/mol. The van der Waals surface area contributed by atoms with E-state index in [1.165, 1.54) is 25.8 Å². The first kappa shape index (κ1) is 12.7. The second-order valence-electron chi connectivity index (χ2n) is 5.64. The number of hydrogen-bond acceptors (Lipinski definition) is 3. The Morgan fingerprint density at radius 1 is 1.26 bits per heavy atom. The molecule has 3 rings (SSSR count). The zero-order chi connectivity index (χ0) is 13.1. The summed E-state index contributed by atoms with van der Waals surface area (Å²) in [5, 5.41) is 0. The standard InChI is InChI=1S/C16H21NO2/c18-12-13-5-7-15(8-6-13)19-10-2-9-17-11-14-3-1-4-16(14)17/h5-8,12,14,16H,1-4,9-11H2/t14-,16-/m1/s1. The Morgan fingerprint density at radius 2 is 2.11 bits per heavy atom. The van der Waals surface area contributed by atoms with Crippen LogP contribution in [0.15, 0.2) is 24.3 Å². The lowest BCUT2D eigenvalue weighted by atomic mass is 9.92. The van der Waals surface area contributed by atoms with Crippen molar-refractivity contribution >= 4 is 6.29 Å². The molecule has 3 nitrogen and oxygen atoms in total. The van der Waals surface area contributed by atoms with Crippen LogP contribution in [0.3, 0.4) is 0 Å². The molecule has 2 fully saturated rings. The van der Waals surface area contributed by atoms with E-state index >= 15 is 0 Å². The molecule has 1 heterocycles. The van der Waals surface area contributed by atoms with Crippen LogP contribution in [0.25, 0.3) is 0 Å². The quantitative estimate of drug-likeness (QED) is 0.581. The highest BCUT2D eigenvalue weighted by Gasteiger charge is 2.41. The molecule has 0 spiro atoms. The van der Waals surface area contributed by atoms with E-state index in [0.717, 1.165) is 43.6 Å². The number of aldehydes is 1. The SMILES string of the molecule is O=Cc1ccc(OCCCN2C[C@H]3CCC[C@H]32)cc1. The third-order valence-corrected chi connectivity index (χ3v) is 4.43. The second kappa shape index (κ2) is 5.74. The Morgan fingerprint density at radius 3 is 2.84 bits per heavy atom. The number of nitrogens with zero attached hydrogens (tertiary/aromatic N) is 1. The summed E-state index contributed by atoms with van der Waals surface area (Å²) in [4.78, 5) is 13.1. The van der Waals surface area contributed by atoms with Crippen LogP contribution >= 0.6 is 0 Å². The molecule has 1 aliphatic carbocycles. The summed E-state index contributed by atoms with van der Waals surface area (Å²) in [7, 11) is 0. The van der Waals surface area contributed by atoms with Crippen LogP contribution in [0, 0.1) is 5.92 Å². The minimum absolute atomic E-state index is 0.695. The molecular weight excluding hydrogens is 238 g/mol. The zero-order valence-electron chi connectivity index (χ0n) is 11.3. The van der Waals surface area contributed by atoms with Crippen molar-refractivity contribution < 1.29 is 9.53 Å². The van der Waals surface area contributed by atoms with Crippen molar-refractivity contribution in [1.82, 2.24) is 4.90 Å². The molecule has 102 valence electrons. The molecule has 19 heavy (non-hydrogen) atoms. The number of benzene rings is 1. The number of carbonyl (C=O) groups excluding carboxylic acids is 1.